The van der Waals surface area contributed by atoms with Gasteiger partial charge in [0.25, 0.3) is 5.91 Å². The van der Waals surface area contributed by atoms with Gasteiger partial charge in [-0.2, -0.15) is 0 Å². The second-order valence-electron chi connectivity index (χ2n) is 6.37. The van der Waals surface area contributed by atoms with E-state index in [4.69, 9.17) is 0 Å². The Morgan fingerprint density at radius 2 is 1.54 bits per heavy atom. The highest BCUT2D eigenvalue weighted by Gasteiger charge is 2.42. The Morgan fingerprint density at radius 3 is 1.96 bits per heavy atom. The van der Waals surface area contributed by atoms with Crippen molar-refractivity contribution in [3.63, 3.8) is 0 Å². The van der Waals surface area contributed by atoms with Crippen molar-refractivity contribution in [3.8, 4) is 0 Å². The van der Waals surface area contributed by atoms with Crippen LogP contribution < -0.4 is 5.32 Å². The molecule has 2 aromatic carbocycles. The first-order valence-electron chi connectivity index (χ1n) is 8.41. The van der Waals surface area contributed by atoms with Crippen molar-refractivity contribution in [1.29, 1.82) is 0 Å². The van der Waals surface area contributed by atoms with Crippen molar-refractivity contribution >= 4 is 5.91 Å². The molecule has 0 spiro atoms. The van der Waals surface area contributed by atoms with Gasteiger partial charge in [0.15, 0.2) is 5.60 Å². The molecule has 4 heteroatoms. The van der Waals surface area contributed by atoms with Crippen LogP contribution in [0.3, 0.4) is 0 Å². The number of carbonyl (C=O) groups is 1. The predicted octanol–water partition coefficient (Wildman–Crippen LogP) is 2.20. The molecule has 1 saturated carbocycles. The van der Waals surface area contributed by atoms with Crippen molar-refractivity contribution < 1.29 is 15.0 Å². The molecule has 0 radical (unpaired) electrons. The highest BCUT2D eigenvalue weighted by atomic mass is 16.3. The number of amides is 1. The normalized spacial score (nSPS) is 15.8. The Bertz CT molecular complexity index is 628. The first kappa shape index (κ1) is 16.7. The molecule has 1 unspecified atom stereocenters. The first-order chi connectivity index (χ1) is 11.7. The number of aliphatic hydroxyl groups excluding tert-OH is 1. The van der Waals surface area contributed by atoms with E-state index in [0.29, 0.717) is 23.5 Å². The van der Waals surface area contributed by atoms with Crippen LogP contribution in [0.2, 0.25) is 0 Å². The summed E-state index contributed by atoms with van der Waals surface area (Å²) in [6.07, 6.45) is 2.62. The summed E-state index contributed by atoms with van der Waals surface area (Å²) in [5, 5.41) is 23.6. The third-order valence-corrected chi connectivity index (χ3v) is 4.66. The van der Waals surface area contributed by atoms with Crippen molar-refractivity contribution in [2.75, 3.05) is 6.61 Å². The number of hydrogen-bond donors (Lipinski definition) is 3. The van der Waals surface area contributed by atoms with Gasteiger partial charge in [-0.1, -0.05) is 60.7 Å². The van der Waals surface area contributed by atoms with Crippen molar-refractivity contribution in [2.45, 2.75) is 30.9 Å². The molecule has 0 bridgehead atoms. The molecular weight excluding hydrogens is 302 g/mol. The molecule has 1 amide bonds. The molecule has 1 aliphatic carbocycles. The number of aliphatic hydroxyl groups is 2. The van der Waals surface area contributed by atoms with Crippen molar-refractivity contribution in [3.05, 3.63) is 71.8 Å². The summed E-state index contributed by atoms with van der Waals surface area (Å²) in [4.78, 5) is 13.0. The largest absolute Gasteiger partial charge is 0.396 e. The van der Waals surface area contributed by atoms with Gasteiger partial charge in [-0.05, 0) is 36.3 Å². The van der Waals surface area contributed by atoms with Crippen LogP contribution in [0.15, 0.2) is 60.7 Å². The number of carbonyl (C=O) groups excluding carboxylic acids is 1. The fourth-order valence-electron chi connectivity index (χ4n) is 3.12. The molecule has 0 heterocycles. The molecule has 24 heavy (non-hydrogen) atoms. The lowest BCUT2D eigenvalue weighted by molar-refractivity contribution is -0.137. The van der Waals surface area contributed by atoms with E-state index in [-0.39, 0.29) is 12.6 Å². The van der Waals surface area contributed by atoms with Crippen molar-refractivity contribution in [2.24, 2.45) is 5.92 Å². The molecule has 0 aliphatic heterocycles. The quantitative estimate of drug-likeness (QED) is 0.731. The average molecular weight is 325 g/mol. The SMILES string of the molecule is O=C(NC(CCO)C1CC1)C(O)(c1ccccc1)c1ccccc1. The van der Waals surface area contributed by atoms with Crippen LogP contribution in [0.5, 0.6) is 0 Å². The van der Waals surface area contributed by atoms with Crippen LogP contribution in [-0.2, 0) is 10.4 Å². The van der Waals surface area contributed by atoms with Gasteiger partial charge in [-0.3, -0.25) is 4.79 Å². The maximum Gasteiger partial charge on any atom is 0.261 e. The number of nitrogens with one attached hydrogen (secondary N) is 1. The summed E-state index contributed by atoms with van der Waals surface area (Å²) in [6.45, 7) is 0.0244. The average Bonchev–Trinajstić information content (AvgIpc) is 3.47. The van der Waals surface area contributed by atoms with E-state index in [0.717, 1.165) is 12.8 Å². The molecule has 0 saturated heterocycles. The standard InChI is InChI=1S/C20H23NO3/c22-14-13-18(15-11-12-15)21-19(23)20(24,16-7-3-1-4-8-16)17-9-5-2-6-10-17/h1-10,15,18,22,24H,11-14H2,(H,21,23). The maximum atomic E-state index is 13.0. The Balaban J connectivity index is 1.94. The van der Waals surface area contributed by atoms with Crippen LogP contribution in [0, 0.1) is 5.92 Å². The zero-order chi connectivity index (χ0) is 17.0. The number of hydrogen-bond acceptors (Lipinski definition) is 3. The van der Waals surface area contributed by atoms with Gasteiger partial charge in [-0.25, -0.2) is 0 Å². The summed E-state index contributed by atoms with van der Waals surface area (Å²) >= 11 is 0. The summed E-state index contributed by atoms with van der Waals surface area (Å²) in [5.41, 5.74) is -0.676. The lowest BCUT2D eigenvalue weighted by atomic mass is 9.85. The third kappa shape index (κ3) is 3.35. The lowest BCUT2D eigenvalue weighted by Gasteiger charge is -2.30. The molecule has 1 fully saturated rings. The minimum absolute atomic E-state index is 0.0244. The summed E-state index contributed by atoms with van der Waals surface area (Å²) in [7, 11) is 0. The zero-order valence-corrected chi connectivity index (χ0v) is 13.6. The van der Waals surface area contributed by atoms with Gasteiger partial charge < -0.3 is 15.5 Å². The Hall–Kier alpha value is -2.17. The molecule has 3 rings (SSSR count). The summed E-state index contributed by atoms with van der Waals surface area (Å²) in [5.74, 6) is -0.0397. The maximum absolute atomic E-state index is 13.0. The lowest BCUT2D eigenvalue weighted by Crippen LogP contribution is -2.50. The Kier molecular flexibility index (Phi) is 4.97. The van der Waals surface area contributed by atoms with Crippen LogP contribution in [0.1, 0.15) is 30.4 Å². The van der Waals surface area contributed by atoms with E-state index >= 15 is 0 Å². The fraction of sp³-hybridized carbons (Fsp3) is 0.350. The van der Waals surface area contributed by atoms with E-state index in [1.54, 1.807) is 24.3 Å². The first-order valence-corrected chi connectivity index (χ1v) is 8.41. The van der Waals surface area contributed by atoms with Crippen LogP contribution in [-0.4, -0.2) is 28.8 Å². The minimum Gasteiger partial charge on any atom is -0.396 e. The molecule has 126 valence electrons. The Morgan fingerprint density at radius 1 is 1.04 bits per heavy atom. The highest BCUT2D eigenvalue weighted by molar-refractivity contribution is 5.90. The smallest absolute Gasteiger partial charge is 0.261 e. The topological polar surface area (TPSA) is 69.6 Å². The van der Waals surface area contributed by atoms with E-state index in [1.165, 1.54) is 0 Å². The van der Waals surface area contributed by atoms with Crippen LogP contribution in [0.25, 0.3) is 0 Å². The second-order valence-corrected chi connectivity index (χ2v) is 6.37. The van der Waals surface area contributed by atoms with Crippen LogP contribution >= 0.6 is 0 Å². The molecule has 4 nitrogen and oxygen atoms in total. The van der Waals surface area contributed by atoms with E-state index in [9.17, 15) is 15.0 Å². The van der Waals surface area contributed by atoms with Gasteiger partial charge in [0.05, 0.1) is 0 Å². The fourth-order valence-corrected chi connectivity index (χ4v) is 3.12. The second kappa shape index (κ2) is 7.16. The van der Waals surface area contributed by atoms with E-state index < -0.39 is 11.5 Å². The predicted molar refractivity (Wildman–Crippen MR) is 92.2 cm³/mol. The monoisotopic (exact) mass is 325 g/mol. The van der Waals surface area contributed by atoms with Gasteiger partial charge >= 0.3 is 0 Å². The molecule has 1 aliphatic rings. The number of rotatable bonds is 7. The zero-order valence-electron chi connectivity index (χ0n) is 13.6. The van der Waals surface area contributed by atoms with Gasteiger partial charge in [0.1, 0.15) is 0 Å². The van der Waals surface area contributed by atoms with Gasteiger partial charge in [0, 0.05) is 12.6 Å². The molecule has 1 atom stereocenters. The highest BCUT2D eigenvalue weighted by Crippen LogP contribution is 2.35. The van der Waals surface area contributed by atoms with Crippen LogP contribution in [0.4, 0.5) is 0 Å². The Labute approximate surface area is 142 Å². The summed E-state index contributed by atoms with van der Waals surface area (Å²) < 4.78 is 0. The number of benzene rings is 2. The molecule has 3 N–H and O–H groups in total. The molecule has 0 aromatic heterocycles. The van der Waals surface area contributed by atoms with E-state index in [2.05, 4.69) is 5.32 Å². The summed E-state index contributed by atoms with van der Waals surface area (Å²) in [6, 6.07) is 17.9. The molecular formula is C20H23NO3. The third-order valence-electron chi connectivity index (χ3n) is 4.66. The molecule has 2 aromatic rings. The van der Waals surface area contributed by atoms with Gasteiger partial charge in [0.2, 0.25) is 0 Å². The van der Waals surface area contributed by atoms with Gasteiger partial charge in [-0.15, -0.1) is 0 Å². The van der Waals surface area contributed by atoms with E-state index in [1.807, 2.05) is 36.4 Å². The van der Waals surface area contributed by atoms with Crippen molar-refractivity contribution in [1.82, 2.24) is 5.32 Å². The minimum atomic E-state index is -1.74.